The predicted molar refractivity (Wildman–Crippen MR) is 98.4 cm³/mol. The fraction of sp³-hybridized carbons (Fsp3) is 0.333. The van der Waals surface area contributed by atoms with Crippen LogP contribution in [0.25, 0.3) is 0 Å². The molecule has 0 unspecified atom stereocenters. The molecule has 0 aromatic heterocycles. The zero-order valence-corrected chi connectivity index (χ0v) is 15.1. The maximum atomic E-state index is 10.2. The number of nitro benzene ring substituents is 2. The molecule has 6 heteroatoms. The van der Waals surface area contributed by atoms with E-state index in [0.717, 1.165) is 5.56 Å². The van der Waals surface area contributed by atoms with Crippen LogP contribution in [0.5, 0.6) is 0 Å². The van der Waals surface area contributed by atoms with E-state index >= 15 is 0 Å². The number of non-ortho nitro benzene ring substituents is 1. The van der Waals surface area contributed by atoms with Gasteiger partial charge in [0.1, 0.15) is 0 Å². The van der Waals surface area contributed by atoms with Crippen LogP contribution in [0.4, 0.5) is 11.4 Å². The molecular weight excluding hydrogens is 308 g/mol. The summed E-state index contributed by atoms with van der Waals surface area (Å²) in [6, 6.07) is 13.1. The minimum Gasteiger partial charge on any atom is -0.258 e. The van der Waals surface area contributed by atoms with E-state index in [2.05, 4.69) is 0 Å². The Labute approximate surface area is 143 Å². The maximum Gasteiger partial charge on any atom is 0.272 e. The first-order valence-corrected chi connectivity index (χ1v) is 7.83. The van der Waals surface area contributed by atoms with Crippen LogP contribution in [-0.2, 0) is 0 Å². The highest BCUT2D eigenvalue weighted by Gasteiger charge is 2.06. The molecule has 0 bridgehead atoms. The van der Waals surface area contributed by atoms with Gasteiger partial charge in [0.05, 0.1) is 9.85 Å². The summed E-state index contributed by atoms with van der Waals surface area (Å²) in [7, 11) is 0. The highest BCUT2D eigenvalue weighted by Crippen LogP contribution is 2.15. The van der Waals surface area contributed by atoms with Crippen molar-refractivity contribution in [1.82, 2.24) is 0 Å². The average Bonchev–Trinajstić information content (AvgIpc) is 2.59. The molecular formula is C18H26N2O4. The Bertz CT molecular complexity index is 611. The van der Waals surface area contributed by atoms with E-state index in [1.807, 2.05) is 34.6 Å². The molecule has 0 aliphatic rings. The van der Waals surface area contributed by atoms with Gasteiger partial charge < -0.3 is 0 Å². The summed E-state index contributed by atoms with van der Waals surface area (Å²) < 4.78 is 0. The zero-order chi connectivity index (χ0) is 19.1. The van der Waals surface area contributed by atoms with Crippen LogP contribution in [-0.4, -0.2) is 9.85 Å². The van der Waals surface area contributed by atoms with E-state index in [4.69, 9.17) is 0 Å². The molecule has 2 aromatic carbocycles. The highest BCUT2D eigenvalue weighted by molar-refractivity contribution is 5.38. The summed E-state index contributed by atoms with van der Waals surface area (Å²) in [5.41, 5.74) is 2.06. The molecule has 0 spiro atoms. The van der Waals surface area contributed by atoms with Crippen molar-refractivity contribution >= 4 is 11.4 Å². The van der Waals surface area contributed by atoms with Crippen molar-refractivity contribution < 1.29 is 9.85 Å². The van der Waals surface area contributed by atoms with E-state index in [0.29, 0.717) is 5.56 Å². The standard InChI is InChI=1S/2C7H7NO2.2C2H6/c1-6-2-4-7(5-3-6)8(9)10;1-6-4-2-3-5-7(6)8(9)10;2*1-2/h2*2-5H,1H3;2*1-2H3. The van der Waals surface area contributed by atoms with Gasteiger partial charge in [-0.1, -0.05) is 63.6 Å². The molecule has 0 amide bonds. The Kier molecular flexibility index (Phi) is 13.6. The van der Waals surface area contributed by atoms with Gasteiger partial charge in [-0.3, -0.25) is 20.2 Å². The van der Waals surface area contributed by atoms with E-state index < -0.39 is 4.92 Å². The fourth-order valence-electron chi connectivity index (χ4n) is 1.43. The Morgan fingerprint density at radius 3 is 1.50 bits per heavy atom. The second-order valence-electron chi connectivity index (χ2n) is 4.14. The fourth-order valence-corrected chi connectivity index (χ4v) is 1.43. The summed E-state index contributed by atoms with van der Waals surface area (Å²) in [6.45, 7) is 11.6. The van der Waals surface area contributed by atoms with E-state index in [1.165, 1.54) is 18.2 Å². The SMILES string of the molecule is CC.CC.Cc1ccc([N+](=O)[O-])cc1.Cc1ccccc1[N+](=O)[O-]. The van der Waals surface area contributed by atoms with Gasteiger partial charge in [-0.05, 0) is 13.8 Å². The lowest BCUT2D eigenvalue weighted by Gasteiger charge is -1.92. The number of hydrogen-bond donors (Lipinski definition) is 0. The van der Waals surface area contributed by atoms with Crippen molar-refractivity contribution in [3.63, 3.8) is 0 Å². The molecule has 2 aromatic rings. The second kappa shape index (κ2) is 13.9. The Morgan fingerprint density at radius 2 is 1.17 bits per heavy atom. The summed E-state index contributed by atoms with van der Waals surface area (Å²) in [4.78, 5) is 19.6. The van der Waals surface area contributed by atoms with Gasteiger partial charge >= 0.3 is 0 Å². The number of rotatable bonds is 2. The van der Waals surface area contributed by atoms with Gasteiger partial charge in [-0.2, -0.15) is 0 Å². The minimum absolute atomic E-state index is 0.144. The summed E-state index contributed by atoms with van der Waals surface area (Å²) >= 11 is 0. The maximum absolute atomic E-state index is 10.2. The van der Waals surface area contributed by atoms with Crippen LogP contribution in [0.15, 0.2) is 48.5 Å². The van der Waals surface area contributed by atoms with Crippen LogP contribution in [0.3, 0.4) is 0 Å². The van der Waals surface area contributed by atoms with Gasteiger partial charge in [0.25, 0.3) is 11.4 Å². The Hall–Kier alpha value is -2.76. The van der Waals surface area contributed by atoms with Crippen molar-refractivity contribution in [2.45, 2.75) is 41.5 Å². The Morgan fingerprint density at radius 1 is 0.708 bits per heavy atom. The van der Waals surface area contributed by atoms with Crippen molar-refractivity contribution in [2.24, 2.45) is 0 Å². The Balaban J connectivity index is 0. The van der Waals surface area contributed by atoms with Gasteiger partial charge in [0.2, 0.25) is 0 Å². The molecule has 0 atom stereocenters. The molecule has 0 aliphatic heterocycles. The van der Waals surface area contributed by atoms with Crippen molar-refractivity contribution in [3.8, 4) is 0 Å². The number of para-hydroxylation sites is 1. The molecule has 132 valence electrons. The molecule has 0 N–H and O–H groups in total. The molecule has 2 rings (SSSR count). The third kappa shape index (κ3) is 9.30. The van der Waals surface area contributed by atoms with E-state index in [-0.39, 0.29) is 16.3 Å². The molecule has 0 aliphatic carbocycles. The number of hydrogen-bond acceptors (Lipinski definition) is 4. The zero-order valence-electron chi connectivity index (χ0n) is 15.1. The summed E-state index contributed by atoms with van der Waals surface area (Å²) in [6.07, 6.45) is 0. The largest absolute Gasteiger partial charge is 0.272 e. The average molecular weight is 334 g/mol. The lowest BCUT2D eigenvalue weighted by Crippen LogP contribution is -1.89. The first-order chi connectivity index (χ1) is 11.4. The normalized spacial score (nSPS) is 8.25. The monoisotopic (exact) mass is 334 g/mol. The summed E-state index contributed by atoms with van der Waals surface area (Å²) in [5, 5.41) is 20.3. The van der Waals surface area contributed by atoms with Crippen molar-refractivity contribution in [2.75, 3.05) is 0 Å². The van der Waals surface area contributed by atoms with Crippen LogP contribution < -0.4 is 0 Å². The first-order valence-electron chi connectivity index (χ1n) is 7.83. The van der Waals surface area contributed by atoms with Crippen LogP contribution in [0.1, 0.15) is 38.8 Å². The second-order valence-corrected chi connectivity index (χ2v) is 4.14. The molecule has 24 heavy (non-hydrogen) atoms. The third-order valence-corrected chi connectivity index (χ3v) is 2.56. The highest BCUT2D eigenvalue weighted by atomic mass is 16.6. The molecule has 0 fully saturated rings. The molecule has 6 nitrogen and oxygen atoms in total. The van der Waals surface area contributed by atoms with E-state index in [9.17, 15) is 20.2 Å². The quantitative estimate of drug-likeness (QED) is 0.508. The summed E-state index contributed by atoms with van der Waals surface area (Å²) in [5.74, 6) is 0. The first kappa shape index (κ1) is 23.5. The molecule has 0 saturated carbocycles. The van der Waals surface area contributed by atoms with Gasteiger partial charge in [-0.25, -0.2) is 0 Å². The third-order valence-electron chi connectivity index (χ3n) is 2.56. The topological polar surface area (TPSA) is 86.3 Å². The minimum atomic E-state index is -0.403. The van der Waals surface area contributed by atoms with Gasteiger partial charge in [0.15, 0.2) is 0 Å². The lowest BCUT2D eigenvalue weighted by atomic mass is 10.2. The number of benzene rings is 2. The van der Waals surface area contributed by atoms with Crippen molar-refractivity contribution in [1.29, 1.82) is 0 Å². The number of nitro groups is 2. The van der Waals surface area contributed by atoms with Crippen LogP contribution in [0, 0.1) is 34.1 Å². The van der Waals surface area contributed by atoms with Crippen LogP contribution in [0.2, 0.25) is 0 Å². The smallest absolute Gasteiger partial charge is 0.258 e. The molecule has 0 saturated heterocycles. The predicted octanol–water partition coefficient (Wildman–Crippen LogP) is 5.86. The lowest BCUT2D eigenvalue weighted by molar-refractivity contribution is -0.385. The van der Waals surface area contributed by atoms with Crippen LogP contribution >= 0.6 is 0 Å². The van der Waals surface area contributed by atoms with Gasteiger partial charge in [-0.15, -0.1) is 0 Å². The molecule has 0 radical (unpaired) electrons. The molecule has 0 heterocycles. The van der Waals surface area contributed by atoms with E-state index in [1.54, 1.807) is 37.3 Å². The van der Waals surface area contributed by atoms with Gasteiger partial charge in [0, 0.05) is 23.8 Å². The van der Waals surface area contributed by atoms with Crippen molar-refractivity contribution in [3.05, 3.63) is 79.9 Å². The number of aryl methyl sites for hydroxylation is 2. The number of nitrogens with zero attached hydrogens (tertiary/aromatic N) is 2.